The van der Waals surface area contributed by atoms with Gasteiger partial charge in [-0.15, -0.1) is 0 Å². The number of aromatic nitrogens is 3. The fraction of sp³-hybridized carbons (Fsp3) is 0.125. The molecule has 0 aliphatic rings. The van der Waals surface area contributed by atoms with Gasteiger partial charge in [-0.05, 0) is 53.1 Å². The molecule has 0 aliphatic heterocycles. The molecule has 1 amide bonds. The second-order valence-corrected chi connectivity index (χ2v) is 7.59. The largest absolute Gasteiger partial charge is 0.418 e. The summed E-state index contributed by atoms with van der Waals surface area (Å²) in [6.45, 7) is 0.00232. The number of nitrogens with zero attached hydrogens (tertiary/aromatic N) is 3. The van der Waals surface area contributed by atoms with Gasteiger partial charge in [-0.2, -0.15) is 13.2 Å². The number of aliphatic hydroxyl groups is 1. The Labute approximate surface area is 195 Å². The van der Waals surface area contributed by atoms with Crippen LogP contribution in [-0.2, 0) is 6.54 Å². The Morgan fingerprint density at radius 1 is 1.09 bits per heavy atom. The van der Waals surface area contributed by atoms with E-state index in [9.17, 15) is 31.9 Å². The van der Waals surface area contributed by atoms with E-state index >= 15 is 0 Å². The number of amides is 1. The van der Waals surface area contributed by atoms with Crippen molar-refractivity contribution in [2.45, 2.75) is 18.8 Å². The topological polar surface area (TPSA) is 80.0 Å². The number of alkyl halides is 3. The first kappa shape index (κ1) is 24.0. The molecule has 0 aliphatic carbocycles. The van der Waals surface area contributed by atoms with Crippen LogP contribution in [0.3, 0.4) is 0 Å². The van der Waals surface area contributed by atoms with Crippen molar-refractivity contribution in [1.29, 1.82) is 0 Å². The summed E-state index contributed by atoms with van der Waals surface area (Å²) in [5.41, 5.74) is -0.642. The number of carbonyl (C=O) groups is 1. The van der Waals surface area contributed by atoms with Gasteiger partial charge >= 0.3 is 6.18 Å². The number of aliphatic hydroxyl groups excluding tert-OH is 1. The van der Waals surface area contributed by atoms with E-state index in [4.69, 9.17) is 0 Å². The Morgan fingerprint density at radius 3 is 2.51 bits per heavy atom. The van der Waals surface area contributed by atoms with Crippen molar-refractivity contribution in [1.82, 2.24) is 19.9 Å². The van der Waals surface area contributed by atoms with E-state index in [1.165, 1.54) is 12.3 Å². The molecule has 4 rings (SSSR count). The maximum Gasteiger partial charge on any atom is 0.418 e. The molecule has 35 heavy (non-hydrogen) atoms. The minimum atomic E-state index is -5.02. The van der Waals surface area contributed by atoms with Gasteiger partial charge in [0.1, 0.15) is 23.8 Å². The lowest BCUT2D eigenvalue weighted by molar-refractivity contribution is -0.206. The molecule has 0 saturated heterocycles. The van der Waals surface area contributed by atoms with Gasteiger partial charge < -0.3 is 10.4 Å². The van der Waals surface area contributed by atoms with Crippen LogP contribution in [-0.4, -0.2) is 31.7 Å². The highest BCUT2D eigenvalue weighted by Crippen LogP contribution is 2.35. The van der Waals surface area contributed by atoms with E-state index < -0.39 is 35.4 Å². The Balaban J connectivity index is 1.60. The first-order chi connectivity index (χ1) is 16.6. The number of hydrogen-bond donors (Lipinski definition) is 2. The third kappa shape index (κ3) is 5.52. The van der Waals surface area contributed by atoms with Gasteiger partial charge in [-0.1, -0.05) is 6.07 Å². The SMILES string of the molecule is O=C(NCc1ccc(-n2ccnc2)nc1)c1cc(-c2ccc(F)cc2F)cc(C(O)C(F)(F)F)c1. The number of carbonyl (C=O) groups excluding carboxylic acids is 1. The molecule has 4 aromatic rings. The summed E-state index contributed by atoms with van der Waals surface area (Å²) >= 11 is 0. The summed E-state index contributed by atoms with van der Waals surface area (Å²) in [5, 5.41) is 12.3. The summed E-state index contributed by atoms with van der Waals surface area (Å²) in [4.78, 5) is 20.9. The third-order valence-electron chi connectivity index (χ3n) is 5.12. The molecule has 11 heteroatoms. The van der Waals surface area contributed by atoms with Crippen molar-refractivity contribution in [3.8, 4) is 16.9 Å². The number of rotatable bonds is 6. The molecule has 1 atom stereocenters. The van der Waals surface area contributed by atoms with Crippen molar-refractivity contribution < 1.29 is 31.9 Å². The Hall–Kier alpha value is -4.12. The zero-order chi connectivity index (χ0) is 25.2. The van der Waals surface area contributed by atoms with Crippen LogP contribution in [0, 0.1) is 11.6 Å². The zero-order valence-electron chi connectivity index (χ0n) is 17.8. The second kappa shape index (κ2) is 9.63. The molecule has 2 N–H and O–H groups in total. The smallest absolute Gasteiger partial charge is 0.379 e. The molecule has 0 spiro atoms. The third-order valence-corrected chi connectivity index (χ3v) is 5.12. The van der Waals surface area contributed by atoms with Gasteiger partial charge in [-0.25, -0.2) is 18.7 Å². The number of hydrogen-bond acceptors (Lipinski definition) is 4. The van der Waals surface area contributed by atoms with Crippen molar-refractivity contribution >= 4 is 5.91 Å². The predicted octanol–water partition coefficient (Wildman–Crippen LogP) is 4.74. The zero-order valence-corrected chi connectivity index (χ0v) is 17.8. The van der Waals surface area contributed by atoms with Crippen LogP contribution < -0.4 is 5.32 Å². The average molecular weight is 488 g/mol. The Bertz CT molecular complexity index is 1340. The van der Waals surface area contributed by atoms with E-state index in [0.717, 1.165) is 24.3 Å². The molecule has 0 fully saturated rings. The number of benzene rings is 2. The molecule has 2 aromatic carbocycles. The first-order valence-corrected chi connectivity index (χ1v) is 10.2. The molecule has 1 unspecified atom stereocenters. The van der Waals surface area contributed by atoms with Crippen molar-refractivity contribution in [2.75, 3.05) is 0 Å². The highest BCUT2D eigenvalue weighted by molar-refractivity contribution is 5.95. The van der Waals surface area contributed by atoms with Crippen LogP contribution in [0.4, 0.5) is 22.0 Å². The van der Waals surface area contributed by atoms with E-state index in [1.54, 1.807) is 35.4 Å². The standard InChI is InChI=1S/C24H17F5N4O2/c25-18-2-3-19(20(26)10-18)15-7-16(22(34)24(27,28)29)9-17(8-15)23(35)32-12-14-1-4-21(31-11-14)33-6-5-30-13-33/h1-11,13,22,34H,12H2,(H,32,35). The monoisotopic (exact) mass is 488 g/mol. The van der Waals surface area contributed by atoms with Crippen LogP contribution in [0.25, 0.3) is 16.9 Å². The van der Waals surface area contributed by atoms with Crippen LogP contribution >= 0.6 is 0 Å². The Morgan fingerprint density at radius 2 is 1.89 bits per heavy atom. The maximum absolute atomic E-state index is 14.3. The molecule has 0 bridgehead atoms. The second-order valence-electron chi connectivity index (χ2n) is 7.59. The van der Waals surface area contributed by atoms with Crippen molar-refractivity contribution in [3.63, 3.8) is 0 Å². The van der Waals surface area contributed by atoms with Crippen molar-refractivity contribution in [2.24, 2.45) is 0 Å². The quantitative estimate of drug-likeness (QED) is 0.385. The molecular formula is C24H17F5N4O2. The van der Waals surface area contributed by atoms with Gasteiger partial charge in [0, 0.05) is 42.3 Å². The first-order valence-electron chi connectivity index (χ1n) is 10.2. The number of halogens is 5. The van der Waals surface area contributed by atoms with Crippen LogP contribution in [0.5, 0.6) is 0 Å². The van der Waals surface area contributed by atoms with Gasteiger partial charge in [0.15, 0.2) is 6.10 Å². The fourth-order valence-corrected chi connectivity index (χ4v) is 3.36. The maximum atomic E-state index is 14.3. The molecule has 0 radical (unpaired) electrons. The van der Waals surface area contributed by atoms with Crippen molar-refractivity contribution in [3.05, 3.63) is 102 Å². The highest BCUT2D eigenvalue weighted by Gasteiger charge is 2.39. The van der Waals surface area contributed by atoms with Crippen LogP contribution in [0.15, 0.2) is 73.4 Å². The minimum absolute atomic E-state index is 0.00232. The molecule has 2 heterocycles. The highest BCUT2D eigenvalue weighted by atomic mass is 19.4. The molecular weight excluding hydrogens is 471 g/mol. The van der Waals surface area contributed by atoms with Gasteiger partial charge in [0.2, 0.25) is 0 Å². The number of pyridine rings is 1. The van der Waals surface area contributed by atoms with Crippen LogP contribution in [0.1, 0.15) is 27.6 Å². The lowest BCUT2D eigenvalue weighted by Gasteiger charge is -2.17. The minimum Gasteiger partial charge on any atom is -0.379 e. The van der Waals surface area contributed by atoms with Gasteiger partial charge in [0.25, 0.3) is 5.91 Å². The Kier molecular flexibility index (Phi) is 6.61. The van der Waals surface area contributed by atoms with E-state index in [0.29, 0.717) is 17.4 Å². The fourth-order valence-electron chi connectivity index (χ4n) is 3.36. The van der Waals surface area contributed by atoms with Gasteiger partial charge in [-0.3, -0.25) is 9.36 Å². The summed E-state index contributed by atoms with van der Waals surface area (Å²) < 4.78 is 68.7. The molecule has 6 nitrogen and oxygen atoms in total. The molecule has 2 aromatic heterocycles. The normalized spacial score (nSPS) is 12.4. The van der Waals surface area contributed by atoms with Gasteiger partial charge in [0.05, 0.1) is 0 Å². The number of nitrogens with one attached hydrogen (secondary N) is 1. The van der Waals surface area contributed by atoms with Crippen LogP contribution in [0.2, 0.25) is 0 Å². The lowest BCUT2D eigenvalue weighted by Crippen LogP contribution is -2.24. The molecule has 180 valence electrons. The summed E-state index contributed by atoms with van der Waals surface area (Å²) in [5.74, 6) is -2.07. The summed E-state index contributed by atoms with van der Waals surface area (Å²) in [6.07, 6.45) is -1.56. The summed E-state index contributed by atoms with van der Waals surface area (Å²) in [7, 11) is 0. The predicted molar refractivity (Wildman–Crippen MR) is 115 cm³/mol. The summed E-state index contributed by atoms with van der Waals surface area (Å²) in [6, 6.07) is 8.89. The van der Waals surface area contributed by atoms with E-state index in [1.807, 2.05) is 0 Å². The lowest BCUT2D eigenvalue weighted by atomic mass is 9.96. The average Bonchev–Trinajstić information content (AvgIpc) is 3.36. The molecule has 0 saturated carbocycles. The van der Waals surface area contributed by atoms with E-state index in [-0.39, 0.29) is 23.2 Å². The van der Waals surface area contributed by atoms with E-state index in [2.05, 4.69) is 15.3 Å². The number of imidazole rings is 1.